The van der Waals surface area contributed by atoms with Crippen LogP contribution in [-0.2, 0) is 14.8 Å². The van der Waals surface area contributed by atoms with Gasteiger partial charge in [-0.05, 0) is 56.8 Å². The lowest BCUT2D eigenvalue weighted by Gasteiger charge is -2.31. The van der Waals surface area contributed by atoms with Crippen molar-refractivity contribution in [1.29, 1.82) is 0 Å². The number of nitrogens with two attached hydrogens (primary N) is 1. The van der Waals surface area contributed by atoms with Gasteiger partial charge < -0.3 is 10.5 Å². The lowest BCUT2D eigenvalue weighted by Crippen LogP contribution is -2.45. The summed E-state index contributed by atoms with van der Waals surface area (Å²) in [7, 11) is -3.56. The van der Waals surface area contributed by atoms with Gasteiger partial charge in [-0.2, -0.15) is 4.31 Å². The average Bonchev–Trinajstić information content (AvgIpc) is 2.66. The Morgan fingerprint density at radius 1 is 1.15 bits per heavy atom. The third-order valence-corrected chi connectivity index (χ3v) is 7.34. The van der Waals surface area contributed by atoms with Crippen molar-refractivity contribution in [3.8, 4) is 0 Å². The van der Waals surface area contributed by atoms with Crippen LogP contribution in [0.4, 0.5) is 5.69 Å². The largest absolute Gasteiger partial charge is 0.399 e. The molecule has 8 heteroatoms. The maximum atomic E-state index is 12.8. The van der Waals surface area contributed by atoms with Gasteiger partial charge in [0.15, 0.2) is 0 Å². The molecule has 2 N–H and O–H groups in total. The highest BCUT2D eigenvalue weighted by atomic mass is 79.9. The summed E-state index contributed by atoms with van der Waals surface area (Å²) in [6.07, 6.45) is 1.91. The van der Waals surface area contributed by atoms with Crippen molar-refractivity contribution < 1.29 is 13.2 Å². The Labute approximate surface area is 134 Å². The SMILES string of the molecule is Nc1cc(Br)c(S(=O)(=O)N2CC3CCC(C2)O3)c(Br)c1. The van der Waals surface area contributed by atoms with Crippen molar-refractivity contribution in [2.45, 2.75) is 29.9 Å². The first-order valence-corrected chi connectivity index (χ1v) is 9.30. The fraction of sp³-hybridized carbons (Fsp3) is 0.500. The molecule has 2 bridgehead atoms. The summed E-state index contributed by atoms with van der Waals surface area (Å²) in [6.45, 7) is 0.837. The molecule has 1 aromatic rings. The molecule has 0 aromatic heterocycles. The molecule has 2 atom stereocenters. The Balaban J connectivity index is 2.00. The number of anilines is 1. The van der Waals surface area contributed by atoms with Crippen LogP contribution in [0.3, 0.4) is 0 Å². The summed E-state index contributed by atoms with van der Waals surface area (Å²) in [5.74, 6) is 0. The van der Waals surface area contributed by atoms with Crippen molar-refractivity contribution >= 4 is 47.6 Å². The van der Waals surface area contributed by atoms with Crippen LogP contribution in [-0.4, -0.2) is 38.0 Å². The average molecular weight is 426 g/mol. The van der Waals surface area contributed by atoms with Gasteiger partial charge in [0, 0.05) is 27.7 Å². The molecule has 0 aliphatic carbocycles. The Hall–Kier alpha value is -0.150. The first-order valence-electron chi connectivity index (χ1n) is 6.28. The number of sulfonamides is 1. The molecular weight excluding hydrogens is 412 g/mol. The topological polar surface area (TPSA) is 72.6 Å². The van der Waals surface area contributed by atoms with Crippen LogP contribution in [0.1, 0.15) is 12.8 Å². The smallest absolute Gasteiger partial charge is 0.245 e. The number of nitrogens with zero attached hydrogens (tertiary/aromatic N) is 1. The lowest BCUT2D eigenvalue weighted by atomic mass is 10.2. The zero-order chi connectivity index (χ0) is 14.5. The Bertz CT molecular complexity index is 615. The minimum Gasteiger partial charge on any atom is -0.399 e. The van der Waals surface area contributed by atoms with E-state index in [2.05, 4.69) is 31.9 Å². The first kappa shape index (κ1) is 14.8. The number of hydrogen-bond acceptors (Lipinski definition) is 4. The van der Waals surface area contributed by atoms with E-state index in [1.807, 2.05) is 0 Å². The number of morpholine rings is 1. The standard InChI is InChI=1S/C12H14Br2N2O3S/c13-10-3-7(15)4-11(14)12(10)20(17,18)16-5-8-1-2-9(6-16)19-8/h3-4,8-9H,1-2,5-6,15H2. The molecule has 2 heterocycles. The summed E-state index contributed by atoms with van der Waals surface area (Å²) < 4.78 is 33.8. The molecule has 20 heavy (non-hydrogen) atoms. The fourth-order valence-electron chi connectivity index (χ4n) is 2.73. The third kappa shape index (κ3) is 2.52. The fourth-order valence-corrected chi connectivity index (χ4v) is 6.77. The van der Waals surface area contributed by atoms with Gasteiger partial charge in [-0.1, -0.05) is 0 Å². The second kappa shape index (κ2) is 5.24. The molecule has 2 unspecified atom stereocenters. The summed E-state index contributed by atoms with van der Waals surface area (Å²) in [5.41, 5.74) is 6.22. The van der Waals surface area contributed by atoms with E-state index in [0.717, 1.165) is 12.8 Å². The number of ether oxygens (including phenoxy) is 1. The van der Waals surface area contributed by atoms with Crippen LogP contribution in [0.5, 0.6) is 0 Å². The van der Waals surface area contributed by atoms with Crippen molar-refractivity contribution in [3.63, 3.8) is 0 Å². The summed E-state index contributed by atoms with van der Waals surface area (Å²) in [5, 5.41) is 0. The number of fused-ring (bicyclic) bond motifs is 2. The molecule has 2 saturated heterocycles. The van der Waals surface area contributed by atoms with E-state index in [1.165, 1.54) is 4.31 Å². The van der Waals surface area contributed by atoms with Gasteiger partial charge in [0.05, 0.1) is 12.2 Å². The predicted molar refractivity (Wildman–Crippen MR) is 82.9 cm³/mol. The molecule has 0 amide bonds. The van der Waals surface area contributed by atoms with Gasteiger partial charge in [0.2, 0.25) is 10.0 Å². The van der Waals surface area contributed by atoms with Gasteiger partial charge in [-0.15, -0.1) is 0 Å². The van der Waals surface area contributed by atoms with Crippen molar-refractivity contribution in [2.24, 2.45) is 0 Å². The monoisotopic (exact) mass is 424 g/mol. The summed E-state index contributed by atoms with van der Waals surface area (Å²) in [6, 6.07) is 3.21. The molecule has 3 rings (SSSR count). The molecule has 0 spiro atoms. The van der Waals surface area contributed by atoms with Gasteiger partial charge >= 0.3 is 0 Å². The van der Waals surface area contributed by atoms with Crippen LogP contribution >= 0.6 is 31.9 Å². The number of halogens is 2. The molecule has 2 aliphatic rings. The molecule has 2 fully saturated rings. The minimum atomic E-state index is -3.56. The molecule has 0 radical (unpaired) electrons. The minimum absolute atomic E-state index is 0.0230. The second-order valence-electron chi connectivity index (χ2n) is 5.09. The zero-order valence-corrected chi connectivity index (χ0v) is 14.5. The summed E-state index contributed by atoms with van der Waals surface area (Å²) >= 11 is 6.60. The quantitative estimate of drug-likeness (QED) is 0.738. The first-order chi connectivity index (χ1) is 9.38. The highest BCUT2D eigenvalue weighted by molar-refractivity contribution is 9.11. The van der Waals surface area contributed by atoms with Crippen molar-refractivity contribution in [2.75, 3.05) is 18.8 Å². The predicted octanol–water partition coefficient (Wildman–Crippen LogP) is 2.35. The van der Waals surface area contributed by atoms with E-state index in [1.54, 1.807) is 12.1 Å². The van der Waals surface area contributed by atoms with Crippen LogP contribution in [0.15, 0.2) is 26.0 Å². The number of hydrogen-bond donors (Lipinski definition) is 1. The van der Waals surface area contributed by atoms with Crippen LogP contribution in [0, 0.1) is 0 Å². The van der Waals surface area contributed by atoms with Crippen LogP contribution < -0.4 is 5.73 Å². The Morgan fingerprint density at radius 2 is 1.65 bits per heavy atom. The molecular formula is C12H14Br2N2O3S. The van der Waals surface area contributed by atoms with Gasteiger partial charge in [-0.25, -0.2) is 8.42 Å². The van der Waals surface area contributed by atoms with Gasteiger partial charge in [0.1, 0.15) is 4.90 Å². The number of rotatable bonds is 2. The lowest BCUT2D eigenvalue weighted by molar-refractivity contribution is -0.0114. The molecule has 5 nitrogen and oxygen atoms in total. The van der Waals surface area contributed by atoms with Gasteiger partial charge in [-0.3, -0.25) is 0 Å². The Kier molecular flexibility index (Phi) is 3.87. The molecule has 1 aromatic carbocycles. The van der Waals surface area contributed by atoms with E-state index in [9.17, 15) is 8.42 Å². The third-order valence-electron chi connectivity index (χ3n) is 3.63. The van der Waals surface area contributed by atoms with E-state index in [0.29, 0.717) is 27.7 Å². The van der Waals surface area contributed by atoms with E-state index < -0.39 is 10.0 Å². The second-order valence-corrected chi connectivity index (χ2v) is 8.68. The maximum Gasteiger partial charge on any atom is 0.245 e. The van der Waals surface area contributed by atoms with Crippen molar-refractivity contribution in [1.82, 2.24) is 4.31 Å². The molecule has 0 saturated carbocycles. The van der Waals surface area contributed by atoms with Crippen LogP contribution in [0.2, 0.25) is 0 Å². The maximum absolute atomic E-state index is 12.8. The van der Waals surface area contributed by atoms with Crippen LogP contribution in [0.25, 0.3) is 0 Å². The van der Waals surface area contributed by atoms with Gasteiger partial charge in [0.25, 0.3) is 0 Å². The Morgan fingerprint density at radius 3 is 2.15 bits per heavy atom. The molecule has 110 valence electrons. The number of benzene rings is 1. The van der Waals surface area contributed by atoms with E-state index >= 15 is 0 Å². The van der Waals surface area contributed by atoms with E-state index in [-0.39, 0.29) is 17.1 Å². The van der Waals surface area contributed by atoms with Crippen molar-refractivity contribution in [3.05, 3.63) is 21.1 Å². The highest BCUT2D eigenvalue weighted by Gasteiger charge is 2.40. The highest BCUT2D eigenvalue weighted by Crippen LogP contribution is 2.37. The number of nitrogen functional groups attached to an aromatic ring is 1. The molecule has 2 aliphatic heterocycles. The summed E-state index contributed by atoms with van der Waals surface area (Å²) in [4.78, 5) is 0.230. The van der Waals surface area contributed by atoms with E-state index in [4.69, 9.17) is 10.5 Å². The zero-order valence-electron chi connectivity index (χ0n) is 10.6. The normalized spacial score (nSPS) is 26.9.